The van der Waals surface area contributed by atoms with Gasteiger partial charge in [0.1, 0.15) is 0 Å². The molecule has 252 valence electrons. The van der Waals surface area contributed by atoms with Crippen molar-refractivity contribution in [1.82, 2.24) is 9.97 Å². The number of fused-ring (bicyclic) bond motifs is 4. The molecule has 1 heterocycles. The second kappa shape index (κ2) is 13.4. The average molecular weight is 687 g/mol. The van der Waals surface area contributed by atoms with Gasteiger partial charge in [0.15, 0.2) is 5.82 Å². The van der Waals surface area contributed by atoms with Crippen molar-refractivity contribution in [2.24, 2.45) is 0 Å². The topological polar surface area (TPSA) is 25.8 Å². The van der Waals surface area contributed by atoms with Gasteiger partial charge in [0.2, 0.25) is 0 Å². The number of benzene rings is 9. The summed E-state index contributed by atoms with van der Waals surface area (Å²) in [6.07, 6.45) is 0. The fourth-order valence-corrected chi connectivity index (χ4v) is 7.70. The van der Waals surface area contributed by atoms with Gasteiger partial charge in [-0.1, -0.05) is 188 Å². The second-order valence-electron chi connectivity index (χ2n) is 13.8. The maximum absolute atomic E-state index is 5.15. The Morgan fingerprint density at radius 1 is 0.259 bits per heavy atom. The maximum Gasteiger partial charge on any atom is 0.160 e. The molecule has 0 aliphatic heterocycles. The van der Waals surface area contributed by atoms with Crippen LogP contribution in [0, 0.1) is 0 Å². The molecule has 2 heteroatoms. The third-order valence-corrected chi connectivity index (χ3v) is 10.5. The molecule has 0 saturated heterocycles. The van der Waals surface area contributed by atoms with Gasteiger partial charge >= 0.3 is 0 Å². The minimum atomic E-state index is 0.732. The van der Waals surface area contributed by atoms with E-state index in [2.05, 4.69) is 188 Å². The van der Waals surface area contributed by atoms with Gasteiger partial charge in [-0.2, -0.15) is 0 Å². The molecule has 54 heavy (non-hydrogen) atoms. The molecule has 0 unspecified atom stereocenters. The van der Waals surface area contributed by atoms with Gasteiger partial charge in [-0.15, -0.1) is 0 Å². The van der Waals surface area contributed by atoms with E-state index < -0.39 is 0 Å². The lowest BCUT2D eigenvalue weighted by Crippen LogP contribution is -1.96. The van der Waals surface area contributed by atoms with Crippen LogP contribution in [0.15, 0.2) is 206 Å². The SMILES string of the molecule is c1ccc(-c2nc(-c3ccc(-c4ccc(-c5cccc(-c6cccc(-c7cccc8ccccc78)c6)c5)cc4)cc3)c3ccc4ccccc4c3n2)cc1. The number of rotatable bonds is 6. The molecule has 10 rings (SSSR count). The van der Waals surface area contributed by atoms with Crippen molar-refractivity contribution in [3.63, 3.8) is 0 Å². The van der Waals surface area contributed by atoms with Crippen molar-refractivity contribution in [3.8, 4) is 67.2 Å². The summed E-state index contributed by atoms with van der Waals surface area (Å²) in [6, 6.07) is 73.5. The molecule has 2 nitrogen and oxygen atoms in total. The van der Waals surface area contributed by atoms with Crippen LogP contribution >= 0.6 is 0 Å². The third-order valence-electron chi connectivity index (χ3n) is 10.5. The first kappa shape index (κ1) is 31.6. The summed E-state index contributed by atoms with van der Waals surface area (Å²) in [5.41, 5.74) is 13.6. The summed E-state index contributed by atoms with van der Waals surface area (Å²) >= 11 is 0. The summed E-state index contributed by atoms with van der Waals surface area (Å²) in [7, 11) is 0. The Morgan fingerprint density at radius 2 is 0.741 bits per heavy atom. The van der Waals surface area contributed by atoms with Crippen molar-refractivity contribution in [2.75, 3.05) is 0 Å². The molecule has 0 aliphatic carbocycles. The molecule has 0 aliphatic rings. The van der Waals surface area contributed by atoms with Crippen LogP contribution in [0.2, 0.25) is 0 Å². The fraction of sp³-hybridized carbons (Fsp3) is 0. The molecule has 0 N–H and O–H groups in total. The maximum atomic E-state index is 5.15. The molecule has 0 amide bonds. The average Bonchev–Trinajstić information content (AvgIpc) is 3.26. The van der Waals surface area contributed by atoms with Gasteiger partial charge in [-0.25, -0.2) is 9.97 Å². The van der Waals surface area contributed by atoms with Crippen LogP contribution in [0.3, 0.4) is 0 Å². The number of nitrogens with zero attached hydrogens (tertiary/aromatic N) is 2. The Bertz CT molecular complexity index is 2960. The lowest BCUT2D eigenvalue weighted by molar-refractivity contribution is 1.23. The van der Waals surface area contributed by atoms with E-state index >= 15 is 0 Å². The van der Waals surface area contributed by atoms with Crippen molar-refractivity contribution in [3.05, 3.63) is 206 Å². The first-order valence-electron chi connectivity index (χ1n) is 18.4. The van der Waals surface area contributed by atoms with E-state index in [0.717, 1.165) is 44.5 Å². The summed E-state index contributed by atoms with van der Waals surface area (Å²) < 4.78 is 0. The third kappa shape index (κ3) is 5.81. The molecule has 0 fully saturated rings. The Morgan fingerprint density at radius 3 is 1.44 bits per heavy atom. The minimum Gasteiger partial charge on any atom is -0.227 e. The Hall–Kier alpha value is -7.16. The molecule has 0 spiro atoms. The molecule has 0 saturated carbocycles. The van der Waals surface area contributed by atoms with Crippen molar-refractivity contribution in [2.45, 2.75) is 0 Å². The molecular formula is C52H34N2. The van der Waals surface area contributed by atoms with Gasteiger partial charge in [-0.05, 0) is 78.9 Å². The lowest BCUT2D eigenvalue weighted by Gasteiger charge is -2.12. The fourth-order valence-electron chi connectivity index (χ4n) is 7.70. The highest BCUT2D eigenvalue weighted by Gasteiger charge is 2.14. The van der Waals surface area contributed by atoms with E-state index in [1.54, 1.807) is 0 Å². The number of hydrogen-bond acceptors (Lipinski definition) is 2. The van der Waals surface area contributed by atoms with Gasteiger partial charge < -0.3 is 0 Å². The summed E-state index contributed by atoms with van der Waals surface area (Å²) in [4.78, 5) is 10.2. The van der Waals surface area contributed by atoms with Crippen LogP contribution in [-0.2, 0) is 0 Å². The Kier molecular flexibility index (Phi) is 7.85. The van der Waals surface area contributed by atoms with Crippen molar-refractivity contribution < 1.29 is 0 Å². The van der Waals surface area contributed by atoms with E-state index in [-0.39, 0.29) is 0 Å². The van der Waals surface area contributed by atoms with Crippen LogP contribution < -0.4 is 0 Å². The van der Waals surface area contributed by atoms with Gasteiger partial charge in [0.05, 0.1) is 11.2 Å². The van der Waals surface area contributed by atoms with Crippen molar-refractivity contribution >= 4 is 32.4 Å². The molecule has 9 aromatic carbocycles. The lowest BCUT2D eigenvalue weighted by atomic mass is 9.93. The summed E-state index contributed by atoms with van der Waals surface area (Å²) in [5.74, 6) is 0.732. The molecule has 10 aromatic rings. The van der Waals surface area contributed by atoms with Gasteiger partial charge in [0.25, 0.3) is 0 Å². The zero-order chi connectivity index (χ0) is 35.8. The van der Waals surface area contributed by atoms with E-state index in [0.29, 0.717) is 0 Å². The van der Waals surface area contributed by atoms with E-state index in [4.69, 9.17) is 9.97 Å². The largest absolute Gasteiger partial charge is 0.227 e. The minimum absolute atomic E-state index is 0.732. The predicted molar refractivity (Wildman–Crippen MR) is 227 cm³/mol. The predicted octanol–water partition coefficient (Wildman–Crippen LogP) is 13.9. The Balaban J connectivity index is 0.950. The monoisotopic (exact) mass is 686 g/mol. The van der Waals surface area contributed by atoms with Crippen LogP contribution in [0.1, 0.15) is 0 Å². The summed E-state index contributed by atoms with van der Waals surface area (Å²) in [5, 5.41) is 5.88. The molecule has 0 atom stereocenters. The summed E-state index contributed by atoms with van der Waals surface area (Å²) in [6.45, 7) is 0. The first-order valence-corrected chi connectivity index (χ1v) is 18.4. The van der Waals surface area contributed by atoms with E-state index in [9.17, 15) is 0 Å². The Labute approximate surface area is 314 Å². The van der Waals surface area contributed by atoms with Gasteiger partial charge in [-0.3, -0.25) is 0 Å². The van der Waals surface area contributed by atoms with Crippen molar-refractivity contribution in [1.29, 1.82) is 0 Å². The standard InChI is InChI=1S/C52H34N2/c1-2-13-41(14-3-1)52-53-50(49-32-31-39-12-5-7-21-48(39)51(49)54-52)40-29-27-36(28-30-40)35-23-25-37(26-24-35)42-16-8-17-43(33-42)44-18-9-19-45(34-44)47-22-10-15-38-11-4-6-20-46(38)47/h1-34H. The quantitative estimate of drug-likeness (QED) is 0.163. The first-order chi connectivity index (χ1) is 26.7. The van der Waals surface area contributed by atoms with Crippen LogP contribution in [-0.4, -0.2) is 9.97 Å². The van der Waals surface area contributed by atoms with E-state index in [1.807, 2.05) is 18.2 Å². The highest BCUT2D eigenvalue weighted by Crippen LogP contribution is 2.36. The highest BCUT2D eigenvalue weighted by atomic mass is 14.9. The molecule has 1 aromatic heterocycles. The van der Waals surface area contributed by atoms with E-state index in [1.165, 1.54) is 55.1 Å². The molecule has 0 radical (unpaired) electrons. The normalized spacial score (nSPS) is 11.3. The zero-order valence-corrected chi connectivity index (χ0v) is 29.5. The zero-order valence-electron chi connectivity index (χ0n) is 29.5. The van der Waals surface area contributed by atoms with Crippen LogP contribution in [0.5, 0.6) is 0 Å². The van der Waals surface area contributed by atoms with Crippen LogP contribution in [0.25, 0.3) is 99.6 Å². The van der Waals surface area contributed by atoms with Gasteiger partial charge in [0, 0.05) is 21.9 Å². The molecular weight excluding hydrogens is 653 g/mol. The molecule has 0 bridgehead atoms. The van der Waals surface area contributed by atoms with Crippen LogP contribution in [0.4, 0.5) is 0 Å². The smallest absolute Gasteiger partial charge is 0.160 e. The number of hydrogen-bond donors (Lipinski definition) is 0. The highest BCUT2D eigenvalue weighted by molar-refractivity contribution is 6.09. The number of aromatic nitrogens is 2. The second-order valence-corrected chi connectivity index (χ2v) is 13.8.